The highest BCUT2D eigenvalue weighted by Gasteiger charge is 2.75. The molecular formula is C37H44ClN3O8. The first kappa shape index (κ1) is 36.3. The van der Waals surface area contributed by atoms with Crippen LogP contribution in [0.5, 0.6) is 0 Å². The predicted octanol–water partition coefficient (Wildman–Crippen LogP) is 4.00. The molecule has 3 aliphatic rings. The van der Waals surface area contributed by atoms with Crippen molar-refractivity contribution < 1.29 is 38.5 Å². The van der Waals surface area contributed by atoms with Gasteiger partial charge in [-0.25, -0.2) is 0 Å². The summed E-state index contributed by atoms with van der Waals surface area (Å²) in [4.78, 5) is 59.1. The van der Waals surface area contributed by atoms with Gasteiger partial charge in [0.15, 0.2) is 0 Å². The summed E-state index contributed by atoms with van der Waals surface area (Å²) in [6, 6.07) is 14.1. The van der Waals surface area contributed by atoms with Gasteiger partial charge < -0.3 is 34.4 Å². The first-order chi connectivity index (χ1) is 23.7. The number of para-hydroxylation sites is 1. The van der Waals surface area contributed by atoms with Crippen LogP contribution in [0, 0.1) is 11.8 Å². The van der Waals surface area contributed by atoms with Crippen LogP contribution in [0.2, 0.25) is 5.02 Å². The number of likely N-dealkylation sites (tertiary alicyclic amines) is 1. The van der Waals surface area contributed by atoms with Crippen molar-refractivity contribution in [3.63, 3.8) is 0 Å². The van der Waals surface area contributed by atoms with E-state index in [1.165, 1.54) is 16.9 Å². The topological polar surface area (TPSA) is 135 Å². The van der Waals surface area contributed by atoms with E-state index < -0.39 is 59.5 Å². The molecule has 49 heavy (non-hydrogen) atoms. The highest BCUT2D eigenvalue weighted by Crippen LogP contribution is 2.59. The number of anilines is 1. The summed E-state index contributed by atoms with van der Waals surface area (Å²) < 4.78 is 18.3. The van der Waals surface area contributed by atoms with Gasteiger partial charge in [-0.05, 0) is 43.4 Å². The lowest BCUT2D eigenvalue weighted by atomic mass is 9.70. The Labute approximate surface area is 291 Å². The molecule has 3 heterocycles. The van der Waals surface area contributed by atoms with E-state index in [0.717, 1.165) is 0 Å². The molecule has 2 N–H and O–H groups in total. The number of allylic oxidation sites excluding steroid dienone is 1. The summed E-state index contributed by atoms with van der Waals surface area (Å²) in [6.07, 6.45) is 3.33. The number of aliphatic hydroxyl groups excluding tert-OH is 1. The Hall–Kier alpha value is -4.03. The first-order valence-corrected chi connectivity index (χ1v) is 17.0. The molecule has 2 aromatic rings. The summed E-state index contributed by atoms with van der Waals surface area (Å²) in [5, 5.41) is 13.0. The molecule has 3 fully saturated rings. The van der Waals surface area contributed by atoms with Gasteiger partial charge in [0.1, 0.15) is 17.7 Å². The quantitative estimate of drug-likeness (QED) is 0.188. The van der Waals surface area contributed by atoms with Gasteiger partial charge in [0.25, 0.3) is 5.91 Å². The number of amides is 3. The summed E-state index contributed by atoms with van der Waals surface area (Å²) in [7, 11) is 1.49. The molecule has 0 aliphatic carbocycles. The number of methoxy groups -OCH3 is 1. The molecule has 5 rings (SSSR count). The zero-order valence-corrected chi connectivity index (χ0v) is 28.4. The number of halogens is 1. The van der Waals surface area contributed by atoms with E-state index in [1.54, 1.807) is 60.7 Å². The number of aliphatic hydroxyl groups is 1. The zero-order chi connectivity index (χ0) is 35.1. The van der Waals surface area contributed by atoms with Crippen molar-refractivity contribution in [1.29, 1.82) is 0 Å². The number of esters is 1. The van der Waals surface area contributed by atoms with Crippen molar-refractivity contribution >= 4 is 41.0 Å². The molecule has 1 spiro atoms. The maximum atomic E-state index is 14.6. The molecule has 2 aromatic carbocycles. The van der Waals surface area contributed by atoms with Crippen LogP contribution in [-0.2, 0) is 33.4 Å². The number of fused-ring (bicyclic) bond motifs is 1. The second-order valence-electron chi connectivity index (χ2n) is 12.6. The highest BCUT2D eigenvalue weighted by atomic mass is 35.5. The third-order valence-electron chi connectivity index (χ3n) is 9.59. The summed E-state index contributed by atoms with van der Waals surface area (Å²) in [6.45, 7) is 7.56. The van der Waals surface area contributed by atoms with Crippen LogP contribution < -0.4 is 10.2 Å². The van der Waals surface area contributed by atoms with Crippen molar-refractivity contribution in [2.45, 2.75) is 62.0 Å². The van der Waals surface area contributed by atoms with E-state index in [4.69, 9.17) is 25.8 Å². The molecule has 2 bridgehead atoms. The van der Waals surface area contributed by atoms with E-state index in [2.05, 4.69) is 18.5 Å². The lowest BCUT2D eigenvalue weighted by Crippen LogP contribution is -2.56. The van der Waals surface area contributed by atoms with E-state index in [9.17, 15) is 24.3 Å². The molecule has 0 saturated carbocycles. The number of benzene rings is 2. The Morgan fingerprint density at radius 1 is 1.16 bits per heavy atom. The normalized spacial score (nSPS) is 25.0. The molecule has 3 aliphatic heterocycles. The highest BCUT2D eigenvalue weighted by molar-refractivity contribution is 6.34. The number of carbonyl (C=O) groups is 4. The molecule has 3 amide bonds. The smallest absolute Gasteiger partial charge is 0.313 e. The minimum atomic E-state index is -1.30. The maximum absolute atomic E-state index is 14.6. The molecule has 11 nitrogen and oxygen atoms in total. The van der Waals surface area contributed by atoms with Gasteiger partial charge in [-0.3, -0.25) is 19.2 Å². The fourth-order valence-electron chi connectivity index (χ4n) is 7.56. The molecule has 262 valence electrons. The lowest BCUT2D eigenvalue weighted by molar-refractivity contribution is -0.163. The Bertz CT molecular complexity index is 1540. The molecule has 0 radical (unpaired) electrons. The summed E-state index contributed by atoms with van der Waals surface area (Å²) in [5.74, 6) is -3.74. The molecule has 3 saturated heterocycles. The van der Waals surface area contributed by atoms with Gasteiger partial charge >= 0.3 is 5.97 Å². The largest absolute Gasteiger partial charge is 0.455 e. The molecular weight excluding hydrogens is 650 g/mol. The van der Waals surface area contributed by atoms with Crippen LogP contribution in [0.3, 0.4) is 0 Å². The van der Waals surface area contributed by atoms with Crippen LogP contribution in [0.15, 0.2) is 79.9 Å². The van der Waals surface area contributed by atoms with Crippen molar-refractivity contribution in [3.05, 3.63) is 90.5 Å². The monoisotopic (exact) mass is 693 g/mol. The number of nitrogens with one attached hydrogen (secondary N) is 1. The van der Waals surface area contributed by atoms with Gasteiger partial charge in [0, 0.05) is 33.2 Å². The molecule has 0 unspecified atom stereocenters. The fourth-order valence-corrected chi connectivity index (χ4v) is 7.80. The number of hydrogen-bond donors (Lipinski definition) is 2. The van der Waals surface area contributed by atoms with Crippen LogP contribution in [-0.4, -0.2) is 90.9 Å². The number of carbonyl (C=O) groups excluding carboxylic acids is 4. The zero-order valence-electron chi connectivity index (χ0n) is 27.7. The van der Waals surface area contributed by atoms with Crippen LogP contribution in [0.4, 0.5) is 5.69 Å². The van der Waals surface area contributed by atoms with Gasteiger partial charge in [0.05, 0.1) is 41.3 Å². The maximum Gasteiger partial charge on any atom is 0.313 e. The first-order valence-electron chi connectivity index (χ1n) is 16.6. The average Bonchev–Trinajstić information content (AvgIpc) is 3.75. The van der Waals surface area contributed by atoms with Crippen molar-refractivity contribution in [3.8, 4) is 0 Å². The Kier molecular flexibility index (Phi) is 11.9. The fraction of sp³-hybridized carbons (Fsp3) is 0.459. The van der Waals surface area contributed by atoms with Crippen molar-refractivity contribution in [2.24, 2.45) is 11.8 Å². The van der Waals surface area contributed by atoms with Gasteiger partial charge in [-0.15, -0.1) is 13.2 Å². The third-order valence-corrected chi connectivity index (χ3v) is 9.91. The van der Waals surface area contributed by atoms with Gasteiger partial charge in [-0.1, -0.05) is 66.2 Å². The SMILES string of the molecule is C=CCCC(=O)N[C@H](COC)[C@H](OC(=O)[C@@H]1[C@H]2C(=O)N(CCCO)[C@H](C(=O)N(CC=C)c3ccccc3Cl)[C@]23CC[C@H]1O3)c1ccccc1. The minimum Gasteiger partial charge on any atom is -0.455 e. The Morgan fingerprint density at radius 3 is 2.57 bits per heavy atom. The molecule has 0 aromatic heterocycles. The summed E-state index contributed by atoms with van der Waals surface area (Å²) >= 11 is 6.54. The van der Waals surface area contributed by atoms with Crippen molar-refractivity contribution in [2.75, 3.05) is 38.3 Å². The van der Waals surface area contributed by atoms with E-state index >= 15 is 0 Å². The molecule has 7 atom stereocenters. The second-order valence-corrected chi connectivity index (χ2v) is 13.0. The van der Waals surface area contributed by atoms with Crippen LogP contribution in [0.1, 0.15) is 43.8 Å². The average molecular weight is 694 g/mol. The summed E-state index contributed by atoms with van der Waals surface area (Å²) in [5.41, 5.74) is -0.209. The van der Waals surface area contributed by atoms with Gasteiger partial charge in [-0.2, -0.15) is 0 Å². The number of ether oxygens (including phenoxy) is 3. The van der Waals surface area contributed by atoms with Crippen LogP contribution >= 0.6 is 11.6 Å². The number of hydrogen-bond acceptors (Lipinski definition) is 8. The van der Waals surface area contributed by atoms with E-state index in [0.29, 0.717) is 35.5 Å². The van der Waals surface area contributed by atoms with Crippen LogP contribution in [0.25, 0.3) is 0 Å². The number of rotatable bonds is 17. The minimum absolute atomic E-state index is 0.0518. The van der Waals surface area contributed by atoms with Crippen molar-refractivity contribution in [1.82, 2.24) is 10.2 Å². The molecule has 12 heteroatoms. The van der Waals surface area contributed by atoms with E-state index in [-0.39, 0.29) is 45.1 Å². The predicted molar refractivity (Wildman–Crippen MR) is 184 cm³/mol. The van der Waals surface area contributed by atoms with Gasteiger partial charge in [0.2, 0.25) is 11.8 Å². The second kappa shape index (κ2) is 16.1. The Balaban J connectivity index is 1.49. The Morgan fingerprint density at radius 2 is 1.90 bits per heavy atom. The third kappa shape index (κ3) is 7.17. The standard InChI is InChI=1S/C37H44ClN3O8/c1-4-6-17-29(43)39-26(23-47-3)32(24-13-8-7-9-14-24)48-36(46)30-28-18-19-37(49-28)31(30)34(44)41(21-12-22-42)33(37)35(45)40(20-5-2)27-16-11-10-15-25(27)38/h4-5,7-11,13-16,26,28,30-33,42H,1-2,6,12,17-23H2,3H3,(H,39,43)/t26-,28-,30+,31+,32-,33-,37+/m1/s1. The number of nitrogens with zero attached hydrogens (tertiary/aromatic N) is 2. The van der Waals surface area contributed by atoms with E-state index in [1.807, 2.05) is 6.07 Å². The lowest BCUT2D eigenvalue weighted by Gasteiger charge is -2.37.